The number of anilines is 2. The number of hydrogen-bond acceptors (Lipinski definition) is 5. The number of halogens is 2. The number of carbonyl (C=O) groups is 2. The minimum absolute atomic E-state index is 0.105. The molecule has 0 spiro atoms. The summed E-state index contributed by atoms with van der Waals surface area (Å²) in [5.41, 5.74) is 0.783. The van der Waals surface area contributed by atoms with Gasteiger partial charge in [0.1, 0.15) is 6.54 Å². The summed E-state index contributed by atoms with van der Waals surface area (Å²) in [6, 6.07) is 10.3. The van der Waals surface area contributed by atoms with Crippen molar-refractivity contribution >= 4 is 56.5 Å². The third-order valence-corrected chi connectivity index (χ3v) is 5.26. The van der Waals surface area contributed by atoms with Gasteiger partial charge in [-0.3, -0.25) is 9.10 Å². The van der Waals surface area contributed by atoms with Gasteiger partial charge in [-0.2, -0.15) is 0 Å². The van der Waals surface area contributed by atoms with Gasteiger partial charge in [-0.05, 0) is 49.4 Å². The minimum atomic E-state index is -3.71. The van der Waals surface area contributed by atoms with E-state index in [9.17, 15) is 18.0 Å². The van der Waals surface area contributed by atoms with Crippen molar-refractivity contribution in [1.82, 2.24) is 0 Å². The average Bonchev–Trinajstić information content (AvgIpc) is 2.60. The minimum Gasteiger partial charge on any atom is -0.462 e. The molecule has 1 amide bonds. The van der Waals surface area contributed by atoms with Crippen LogP contribution in [-0.2, 0) is 19.6 Å². The third-order valence-electron chi connectivity index (χ3n) is 3.55. The van der Waals surface area contributed by atoms with Gasteiger partial charge in [-0.1, -0.05) is 23.2 Å². The van der Waals surface area contributed by atoms with Crippen LogP contribution < -0.4 is 9.62 Å². The molecule has 1 N–H and O–H groups in total. The van der Waals surface area contributed by atoms with Crippen molar-refractivity contribution in [3.05, 3.63) is 58.1 Å². The highest BCUT2D eigenvalue weighted by Crippen LogP contribution is 2.23. The van der Waals surface area contributed by atoms with E-state index in [-0.39, 0.29) is 17.2 Å². The first-order valence-electron chi connectivity index (χ1n) is 8.11. The summed E-state index contributed by atoms with van der Waals surface area (Å²) in [7, 11) is -3.71. The van der Waals surface area contributed by atoms with Crippen LogP contribution >= 0.6 is 23.2 Å². The Morgan fingerprint density at radius 3 is 2.29 bits per heavy atom. The molecule has 0 atom stereocenters. The van der Waals surface area contributed by atoms with Crippen LogP contribution in [0.25, 0.3) is 0 Å². The largest absolute Gasteiger partial charge is 0.462 e. The lowest BCUT2D eigenvalue weighted by atomic mass is 10.2. The van der Waals surface area contributed by atoms with Gasteiger partial charge in [-0.15, -0.1) is 0 Å². The molecule has 0 fully saturated rings. The van der Waals surface area contributed by atoms with Crippen molar-refractivity contribution in [1.29, 1.82) is 0 Å². The predicted molar refractivity (Wildman–Crippen MR) is 110 cm³/mol. The van der Waals surface area contributed by atoms with Crippen LogP contribution in [-0.4, -0.2) is 39.7 Å². The second-order valence-corrected chi connectivity index (χ2v) is 8.46. The highest BCUT2D eigenvalue weighted by Gasteiger charge is 2.21. The predicted octanol–water partition coefficient (Wildman–Crippen LogP) is 3.57. The Kier molecular flexibility index (Phi) is 7.29. The Bertz CT molecular complexity index is 978. The smallest absolute Gasteiger partial charge is 0.339 e. The second-order valence-electron chi connectivity index (χ2n) is 5.71. The van der Waals surface area contributed by atoms with Crippen molar-refractivity contribution in [2.75, 3.05) is 29.0 Å². The maximum absolute atomic E-state index is 12.4. The molecule has 2 rings (SSSR count). The molecule has 0 aliphatic heterocycles. The zero-order valence-electron chi connectivity index (χ0n) is 15.1. The van der Waals surface area contributed by atoms with Crippen LogP contribution in [0.3, 0.4) is 0 Å². The molecule has 0 radical (unpaired) electrons. The first-order chi connectivity index (χ1) is 13.1. The van der Waals surface area contributed by atoms with Crippen LogP contribution in [0.15, 0.2) is 42.5 Å². The zero-order chi connectivity index (χ0) is 20.9. The van der Waals surface area contributed by atoms with Gasteiger partial charge in [0, 0.05) is 10.7 Å². The van der Waals surface area contributed by atoms with Gasteiger partial charge < -0.3 is 10.1 Å². The molecule has 0 heterocycles. The average molecular weight is 445 g/mol. The molecule has 28 heavy (non-hydrogen) atoms. The van der Waals surface area contributed by atoms with Crippen molar-refractivity contribution in [2.24, 2.45) is 0 Å². The lowest BCUT2D eigenvalue weighted by Crippen LogP contribution is -2.37. The maximum atomic E-state index is 12.4. The number of carbonyl (C=O) groups excluding carboxylic acids is 2. The van der Waals surface area contributed by atoms with Crippen molar-refractivity contribution in [3.8, 4) is 0 Å². The van der Waals surface area contributed by atoms with E-state index in [2.05, 4.69) is 5.32 Å². The lowest BCUT2D eigenvalue weighted by Gasteiger charge is -2.22. The molecule has 0 saturated heterocycles. The fourth-order valence-corrected chi connectivity index (χ4v) is 3.55. The van der Waals surface area contributed by atoms with E-state index in [1.807, 2.05) is 0 Å². The van der Waals surface area contributed by atoms with Gasteiger partial charge in [-0.25, -0.2) is 13.2 Å². The van der Waals surface area contributed by atoms with Gasteiger partial charge in [0.05, 0.1) is 29.1 Å². The first-order valence-corrected chi connectivity index (χ1v) is 10.7. The molecule has 0 unspecified atom stereocenters. The normalized spacial score (nSPS) is 11.0. The van der Waals surface area contributed by atoms with Crippen molar-refractivity contribution < 1.29 is 22.7 Å². The number of sulfonamides is 1. The number of amides is 1. The number of hydrogen-bond donors (Lipinski definition) is 1. The summed E-state index contributed by atoms with van der Waals surface area (Å²) in [4.78, 5) is 24.1. The number of benzene rings is 2. The summed E-state index contributed by atoms with van der Waals surface area (Å²) in [6.07, 6.45) is 1.000. The molecule has 0 aliphatic carbocycles. The topological polar surface area (TPSA) is 92.8 Å². The molecule has 0 aliphatic rings. The summed E-state index contributed by atoms with van der Waals surface area (Å²) in [5.74, 6) is -1.16. The molecule has 7 nitrogen and oxygen atoms in total. The number of nitrogens with one attached hydrogen (secondary N) is 1. The molecule has 0 saturated carbocycles. The van der Waals surface area contributed by atoms with Gasteiger partial charge in [0.25, 0.3) is 0 Å². The highest BCUT2D eigenvalue weighted by molar-refractivity contribution is 7.92. The van der Waals surface area contributed by atoms with E-state index < -0.39 is 28.4 Å². The van der Waals surface area contributed by atoms with E-state index in [0.29, 0.717) is 16.4 Å². The monoisotopic (exact) mass is 444 g/mol. The Hall–Kier alpha value is -2.29. The molecule has 0 bridgehead atoms. The van der Waals surface area contributed by atoms with E-state index in [0.717, 1.165) is 10.6 Å². The molecule has 150 valence electrons. The number of esters is 1. The third kappa shape index (κ3) is 5.85. The Labute approximate surface area is 173 Å². The lowest BCUT2D eigenvalue weighted by molar-refractivity contribution is -0.114. The summed E-state index contributed by atoms with van der Waals surface area (Å²) in [5, 5.41) is 3.10. The standard InChI is InChI=1S/C18H18Cl2N2O5S/c1-3-27-18(24)15-9-6-13(10-16(15)20)21-17(23)11-22(28(2,25)26)14-7-4-12(19)5-8-14/h4-10H,3,11H2,1-2H3,(H,21,23). The van der Waals surface area contributed by atoms with Crippen molar-refractivity contribution in [3.63, 3.8) is 0 Å². The second kappa shape index (κ2) is 9.27. The Balaban J connectivity index is 2.16. The first kappa shape index (κ1) is 22.0. The molecule has 10 heteroatoms. The zero-order valence-corrected chi connectivity index (χ0v) is 17.4. The molecule has 2 aromatic carbocycles. The summed E-state index contributed by atoms with van der Waals surface area (Å²) >= 11 is 11.9. The maximum Gasteiger partial charge on any atom is 0.339 e. The number of ether oxygens (including phenoxy) is 1. The Morgan fingerprint density at radius 2 is 1.75 bits per heavy atom. The summed E-state index contributed by atoms with van der Waals surface area (Å²) in [6.45, 7) is 1.44. The fourth-order valence-electron chi connectivity index (χ4n) is 2.31. The van der Waals surface area contributed by atoms with Gasteiger partial charge in [0.15, 0.2) is 0 Å². The van der Waals surface area contributed by atoms with Crippen LogP contribution in [0.1, 0.15) is 17.3 Å². The van der Waals surface area contributed by atoms with E-state index >= 15 is 0 Å². The van der Waals surface area contributed by atoms with E-state index in [4.69, 9.17) is 27.9 Å². The van der Waals surface area contributed by atoms with Gasteiger partial charge >= 0.3 is 5.97 Å². The molecular formula is C18H18Cl2N2O5S. The van der Waals surface area contributed by atoms with Crippen LogP contribution in [0.4, 0.5) is 11.4 Å². The van der Waals surface area contributed by atoms with Crippen LogP contribution in [0.2, 0.25) is 10.0 Å². The summed E-state index contributed by atoms with van der Waals surface area (Å²) < 4.78 is 30.0. The van der Waals surface area contributed by atoms with Crippen LogP contribution in [0, 0.1) is 0 Å². The van der Waals surface area contributed by atoms with E-state index in [1.54, 1.807) is 6.92 Å². The Morgan fingerprint density at radius 1 is 1.11 bits per heavy atom. The number of rotatable bonds is 7. The highest BCUT2D eigenvalue weighted by atomic mass is 35.5. The molecular weight excluding hydrogens is 427 g/mol. The quantitative estimate of drug-likeness (QED) is 0.658. The van der Waals surface area contributed by atoms with Gasteiger partial charge in [0.2, 0.25) is 15.9 Å². The van der Waals surface area contributed by atoms with Crippen molar-refractivity contribution in [2.45, 2.75) is 6.92 Å². The fraction of sp³-hybridized carbons (Fsp3) is 0.222. The number of nitrogens with zero attached hydrogens (tertiary/aromatic N) is 1. The molecule has 0 aromatic heterocycles. The SMILES string of the molecule is CCOC(=O)c1ccc(NC(=O)CN(c2ccc(Cl)cc2)S(C)(=O)=O)cc1Cl. The van der Waals surface area contributed by atoms with E-state index in [1.165, 1.54) is 42.5 Å². The molecule has 2 aromatic rings. The van der Waals surface area contributed by atoms with Crippen LogP contribution in [0.5, 0.6) is 0 Å².